The van der Waals surface area contributed by atoms with Crippen molar-refractivity contribution in [2.24, 2.45) is 0 Å². The molecule has 7 aromatic rings. The van der Waals surface area contributed by atoms with Crippen LogP contribution in [0.15, 0.2) is 109 Å². The molecule has 0 amide bonds. The second kappa shape index (κ2) is 7.57. The number of H-pyrrole nitrogens is 1. The fraction of sp³-hybridized carbons (Fsp3) is 0. The molecule has 166 valence electrons. The van der Waals surface area contributed by atoms with Crippen LogP contribution in [0, 0.1) is 0 Å². The van der Waals surface area contributed by atoms with Gasteiger partial charge >= 0.3 is 0 Å². The lowest BCUT2D eigenvalue weighted by Gasteiger charge is -2.07. The molecule has 0 aliphatic carbocycles. The van der Waals surface area contributed by atoms with E-state index >= 15 is 0 Å². The van der Waals surface area contributed by atoms with Crippen LogP contribution in [0.5, 0.6) is 5.75 Å². The van der Waals surface area contributed by atoms with Crippen LogP contribution in [0.4, 0.5) is 0 Å². The molecular formula is C30H20N4O. The van der Waals surface area contributed by atoms with Crippen molar-refractivity contribution in [2.75, 3.05) is 0 Å². The summed E-state index contributed by atoms with van der Waals surface area (Å²) in [6, 6.07) is 35.9. The lowest BCUT2D eigenvalue weighted by molar-refractivity contribution is 0.477. The summed E-state index contributed by atoms with van der Waals surface area (Å²) in [6.07, 6.45) is 0. The summed E-state index contributed by atoms with van der Waals surface area (Å²) in [6.45, 7) is 0. The molecule has 2 N–H and O–H groups in total. The molecule has 0 spiro atoms. The first-order chi connectivity index (χ1) is 17.3. The summed E-state index contributed by atoms with van der Waals surface area (Å²) >= 11 is 0. The van der Waals surface area contributed by atoms with Crippen molar-refractivity contribution >= 4 is 32.7 Å². The minimum atomic E-state index is 0.202. The van der Waals surface area contributed by atoms with Gasteiger partial charge in [-0.25, -0.2) is 9.67 Å². The van der Waals surface area contributed by atoms with Crippen molar-refractivity contribution in [3.05, 3.63) is 109 Å². The molecule has 3 heterocycles. The van der Waals surface area contributed by atoms with Crippen molar-refractivity contribution < 1.29 is 5.11 Å². The number of fused-ring (bicyclic) bond motifs is 4. The molecule has 0 fully saturated rings. The Morgan fingerprint density at radius 2 is 1.34 bits per heavy atom. The highest BCUT2D eigenvalue weighted by atomic mass is 16.3. The number of para-hydroxylation sites is 4. The standard InChI is InChI=1S/C30H20N4O/c35-27-17-6-3-10-21(27)25-15-8-18-28(31-25)34-26-16-5-2-11-22(26)30(33-34)23-13-7-12-20-19-9-1-4-14-24(19)32-29(20)23/h1-18,32,35H. The number of aromatic nitrogens is 4. The van der Waals surface area contributed by atoms with Gasteiger partial charge in [0, 0.05) is 32.8 Å². The highest BCUT2D eigenvalue weighted by Gasteiger charge is 2.18. The van der Waals surface area contributed by atoms with E-state index in [0.29, 0.717) is 17.1 Å². The van der Waals surface area contributed by atoms with E-state index in [1.807, 2.05) is 53.2 Å². The molecule has 0 radical (unpaired) electrons. The Hall–Kier alpha value is -4.90. The molecule has 5 heteroatoms. The fourth-order valence-electron chi connectivity index (χ4n) is 4.89. The predicted octanol–water partition coefficient (Wildman–Crippen LogP) is 7.09. The SMILES string of the molecule is Oc1ccccc1-c1cccc(-n2nc(-c3cccc4c3[nH]c3ccccc34)c3ccccc32)n1. The number of nitrogens with zero attached hydrogens (tertiary/aromatic N) is 3. The van der Waals surface area contributed by atoms with Crippen LogP contribution < -0.4 is 0 Å². The third-order valence-electron chi connectivity index (χ3n) is 6.52. The van der Waals surface area contributed by atoms with E-state index in [1.54, 1.807) is 12.1 Å². The van der Waals surface area contributed by atoms with Gasteiger partial charge in [-0.1, -0.05) is 72.8 Å². The zero-order valence-corrected chi connectivity index (χ0v) is 18.7. The van der Waals surface area contributed by atoms with E-state index in [0.717, 1.165) is 33.2 Å². The first-order valence-corrected chi connectivity index (χ1v) is 11.5. The summed E-state index contributed by atoms with van der Waals surface area (Å²) < 4.78 is 1.88. The van der Waals surface area contributed by atoms with Crippen LogP contribution in [-0.2, 0) is 0 Å². The van der Waals surface area contributed by atoms with Crippen LogP contribution in [0.25, 0.3) is 61.0 Å². The Morgan fingerprint density at radius 3 is 2.26 bits per heavy atom. The molecule has 35 heavy (non-hydrogen) atoms. The Kier molecular flexibility index (Phi) is 4.23. The van der Waals surface area contributed by atoms with Gasteiger partial charge in [0.1, 0.15) is 11.4 Å². The monoisotopic (exact) mass is 452 g/mol. The lowest BCUT2D eigenvalue weighted by atomic mass is 10.0. The van der Waals surface area contributed by atoms with Gasteiger partial charge in [0.05, 0.1) is 16.7 Å². The number of benzene rings is 4. The van der Waals surface area contributed by atoms with Crippen molar-refractivity contribution in [3.63, 3.8) is 0 Å². The number of aromatic amines is 1. The highest BCUT2D eigenvalue weighted by Crippen LogP contribution is 2.37. The third-order valence-corrected chi connectivity index (χ3v) is 6.52. The minimum absolute atomic E-state index is 0.202. The number of pyridine rings is 1. The largest absolute Gasteiger partial charge is 0.507 e. The van der Waals surface area contributed by atoms with Gasteiger partial charge in [-0.3, -0.25) is 0 Å². The van der Waals surface area contributed by atoms with Crippen LogP contribution in [0.3, 0.4) is 0 Å². The number of hydrogen-bond acceptors (Lipinski definition) is 3. The van der Waals surface area contributed by atoms with E-state index < -0.39 is 0 Å². The molecule has 4 aromatic carbocycles. The molecule has 0 atom stereocenters. The average Bonchev–Trinajstić information content (AvgIpc) is 3.48. The summed E-state index contributed by atoms with van der Waals surface area (Å²) in [7, 11) is 0. The second-order valence-electron chi connectivity index (χ2n) is 8.57. The van der Waals surface area contributed by atoms with Gasteiger partial charge in [-0.2, -0.15) is 5.10 Å². The van der Waals surface area contributed by atoms with E-state index in [-0.39, 0.29) is 5.75 Å². The zero-order valence-electron chi connectivity index (χ0n) is 18.7. The van der Waals surface area contributed by atoms with Gasteiger partial charge < -0.3 is 10.1 Å². The number of phenols is 1. The maximum Gasteiger partial charge on any atom is 0.154 e. The topological polar surface area (TPSA) is 66.7 Å². The second-order valence-corrected chi connectivity index (χ2v) is 8.57. The van der Waals surface area contributed by atoms with Gasteiger partial charge in [-0.15, -0.1) is 0 Å². The van der Waals surface area contributed by atoms with Crippen molar-refractivity contribution in [1.82, 2.24) is 19.7 Å². The Morgan fingerprint density at radius 1 is 0.629 bits per heavy atom. The Bertz CT molecular complexity index is 1880. The summed E-state index contributed by atoms with van der Waals surface area (Å²) in [4.78, 5) is 8.46. The van der Waals surface area contributed by atoms with Crippen molar-refractivity contribution in [3.8, 4) is 34.1 Å². The number of hydrogen-bond donors (Lipinski definition) is 2. The number of phenolic OH excluding ortho intramolecular Hbond substituents is 1. The summed E-state index contributed by atoms with van der Waals surface area (Å²) in [5.41, 5.74) is 6.47. The van der Waals surface area contributed by atoms with Crippen LogP contribution in [0.2, 0.25) is 0 Å². The summed E-state index contributed by atoms with van der Waals surface area (Å²) in [5.74, 6) is 0.894. The van der Waals surface area contributed by atoms with Crippen LogP contribution >= 0.6 is 0 Å². The molecule has 7 rings (SSSR count). The van der Waals surface area contributed by atoms with E-state index in [4.69, 9.17) is 10.1 Å². The molecular weight excluding hydrogens is 432 g/mol. The number of rotatable bonds is 3. The lowest BCUT2D eigenvalue weighted by Crippen LogP contribution is -2.00. The van der Waals surface area contributed by atoms with Gasteiger partial charge in [0.15, 0.2) is 5.82 Å². The van der Waals surface area contributed by atoms with E-state index in [2.05, 4.69) is 53.5 Å². The quantitative estimate of drug-likeness (QED) is 0.301. The normalized spacial score (nSPS) is 11.5. The molecule has 0 bridgehead atoms. The first kappa shape index (κ1) is 19.6. The highest BCUT2D eigenvalue weighted by molar-refractivity contribution is 6.13. The molecule has 5 nitrogen and oxygen atoms in total. The molecule has 3 aromatic heterocycles. The van der Waals surface area contributed by atoms with Crippen molar-refractivity contribution in [2.45, 2.75) is 0 Å². The molecule has 0 aliphatic heterocycles. The predicted molar refractivity (Wildman–Crippen MR) is 141 cm³/mol. The summed E-state index contributed by atoms with van der Waals surface area (Å²) in [5, 5.41) is 18.8. The number of nitrogens with one attached hydrogen (secondary N) is 1. The first-order valence-electron chi connectivity index (χ1n) is 11.5. The average molecular weight is 453 g/mol. The maximum absolute atomic E-state index is 10.3. The third kappa shape index (κ3) is 3.02. The smallest absolute Gasteiger partial charge is 0.154 e. The van der Waals surface area contributed by atoms with E-state index in [1.165, 1.54) is 10.8 Å². The number of aromatic hydroxyl groups is 1. The molecule has 0 aliphatic rings. The molecule has 0 unspecified atom stereocenters. The Labute approximate surface area is 200 Å². The molecule has 0 saturated heterocycles. The minimum Gasteiger partial charge on any atom is -0.507 e. The van der Waals surface area contributed by atoms with Gasteiger partial charge in [0.25, 0.3) is 0 Å². The fourth-order valence-corrected chi connectivity index (χ4v) is 4.89. The zero-order chi connectivity index (χ0) is 23.4. The van der Waals surface area contributed by atoms with Gasteiger partial charge in [0.2, 0.25) is 0 Å². The van der Waals surface area contributed by atoms with Crippen LogP contribution in [0.1, 0.15) is 0 Å². The van der Waals surface area contributed by atoms with Crippen LogP contribution in [-0.4, -0.2) is 24.9 Å². The van der Waals surface area contributed by atoms with Crippen molar-refractivity contribution in [1.29, 1.82) is 0 Å². The Balaban J connectivity index is 1.47. The van der Waals surface area contributed by atoms with Gasteiger partial charge in [-0.05, 0) is 36.4 Å². The maximum atomic E-state index is 10.3. The van der Waals surface area contributed by atoms with E-state index in [9.17, 15) is 5.11 Å². The molecule has 0 saturated carbocycles.